The molecule has 1 aliphatic heterocycles. The summed E-state index contributed by atoms with van der Waals surface area (Å²) in [6.45, 7) is 5.02. The van der Waals surface area contributed by atoms with Crippen LogP contribution in [-0.4, -0.2) is 34.8 Å². The summed E-state index contributed by atoms with van der Waals surface area (Å²) in [6, 6.07) is 15.7. The van der Waals surface area contributed by atoms with Gasteiger partial charge in [-0.3, -0.25) is 9.59 Å². The van der Waals surface area contributed by atoms with Gasteiger partial charge in [-0.25, -0.2) is 0 Å². The molecule has 5 nitrogen and oxygen atoms in total. The van der Waals surface area contributed by atoms with Crippen molar-refractivity contribution in [3.63, 3.8) is 0 Å². The van der Waals surface area contributed by atoms with E-state index in [2.05, 4.69) is 6.92 Å². The molecular weight excluding hydrogens is 366 g/mol. The highest BCUT2D eigenvalue weighted by molar-refractivity contribution is 6.46. The first-order chi connectivity index (χ1) is 14.1. The van der Waals surface area contributed by atoms with E-state index in [0.29, 0.717) is 24.5 Å². The first-order valence-electron chi connectivity index (χ1n) is 10.1. The standard InChI is InChI=1S/C24H27NO4/c1-3-5-9-16-25-21(17-10-7-6-8-11-17)20(23(27)24(25)28)22(26)18-12-14-19(15-13-18)29-4-2/h6-8,10-15,21,26H,3-5,9,16H2,1-2H3/b22-20-. The predicted octanol–water partition coefficient (Wildman–Crippen LogP) is 4.70. The summed E-state index contributed by atoms with van der Waals surface area (Å²) < 4.78 is 5.44. The number of hydrogen-bond acceptors (Lipinski definition) is 4. The molecule has 152 valence electrons. The summed E-state index contributed by atoms with van der Waals surface area (Å²) in [7, 11) is 0. The van der Waals surface area contributed by atoms with Crippen LogP contribution in [0.15, 0.2) is 60.2 Å². The number of amides is 1. The minimum atomic E-state index is -0.637. The second-order valence-corrected chi connectivity index (χ2v) is 7.07. The molecule has 0 spiro atoms. The molecular formula is C24H27NO4. The van der Waals surface area contributed by atoms with E-state index in [1.807, 2.05) is 37.3 Å². The molecule has 2 aromatic carbocycles. The Kier molecular flexibility index (Phi) is 6.70. The third-order valence-corrected chi connectivity index (χ3v) is 5.10. The van der Waals surface area contributed by atoms with E-state index >= 15 is 0 Å². The molecule has 1 heterocycles. The van der Waals surface area contributed by atoms with Gasteiger partial charge in [0.25, 0.3) is 11.7 Å². The van der Waals surface area contributed by atoms with Gasteiger partial charge in [-0.2, -0.15) is 0 Å². The highest BCUT2D eigenvalue weighted by atomic mass is 16.5. The zero-order chi connectivity index (χ0) is 20.8. The fraction of sp³-hybridized carbons (Fsp3) is 0.333. The second kappa shape index (κ2) is 9.41. The molecule has 0 saturated carbocycles. The van der Waals surface area contributed by atoms with Crippen molar-refractivity contribution in [3.8, 4) is 5.75 Å². The van der Waals surface area contributed by atoms with Gasteiger partial charge in [-0.1, -0.05) is 50.1 Å². The van der Waals surface area contributed by atoms with Crippen molar-refractivity contribution in [1.29, 1.82) is 0 Å². The summed E-state index contributed by atoms with van der Waals surface area (Å²) in [5.74, 6) is -0.661. The monoisotopic (exact) mass is 393 g/mol. The van der Waals surface area contributed by atoms with E-state index in [-0.39, 0.29) is 11.3 Å². The number of aliphatic hydroxyl groups is 1. The Balaban J connectivity index is 2.04. The number of unbranched alkanes of at least 4 members (excludes halogenated alkanes) is 2. The molecule has 1 fully saturated rings. The third kappa shape index (κ3) is 4.34. The van der Waals surface area contributed by atoms with E-state index in [9.17, 15) is 14.7 Å². The summed E-state index contributed by atoms with van der Waals surface area (Å²) in [6.07, 6.45) is 2.81. The fourth-order valence-corrected chi connectivity index (χ4v) is 3.66. The Morgan fingerprint density at radius 1 is 1.00 bits per heavy atom. The number of ketones is 1. The van der Waals surface area contributed by atoms with Gasteiger partial charge < -0.3 is 14.7 Å². The van der Waals surface area contributed by atoms with E-state index in [4.69, 9.17) is 4.74 Å². The molecule has 1 unspecified atom stereocenters. The number of carbonyl (C=O) groups excluding carboxylic acids is 2. The summed E-state index contributed by atoms with van der Waals surface area (Å²) in [5.41, 5.74) is 1.44. The molecule has 5 heteroatoms. The van der Waals surface area contributed by atoms with Crippen molar-refractivity contribution in [3.05, 3.63) is 71.3 Å². The molecule has 1 aliphatic rings. The van der Waals surface area contributed by atoms with E-state index in [0.717, 1.165) is 24.8 Å². The number of benzene rings is 2. The minimum absolute atomic E-state index is 0.141. The van der Waals surface area contributed by atoms with Crippen molar-refractivity contribution in [2.45, 2.75) is 39.2 Å². The molecule has 1 N–H and O–H groups in total. The average molecular weight is 393 g/mol. The molecule has 0 bridgehead atoms. The Bertz CT molecular complexity index is 887. The van der Waals surface area contributed by atoms with E-state index in [1.165, 1.54) is 0 Å². The van der Waals surface area contributed by atoms with Gasteiger partial charge in [0.15, 0.2) is 0 Å². The summed E-state index contributed by atoms with van der Waals surface area (Å²) in [5, 5.41) is 11.0. The zero-order valence-electron chi connectivity index (χ0n) is 16.9. The maximum atomic E-state index is 12.9. The van der Waals surface area contributed by atoms with Gasteiger partial charge >= 0.3 is 0 Å². The fourth-order valence-electron chi connectivity index (χ4n) is 3.66. The lowest BCUT2D eigenvalue weighted by molar-refractivity contribution is -0.139. The maximum Gasteiger partial charge on any atom is 0.295 e. The van der Waals surface area contributed by atoms with Crippen molar-refractivity contribution in [2.75, 3.05) is 13.2 Å². The smallest absolute Gasteiger partial charge is 0.295 e. The topological polar surface area (TPSA) is 66.8 Å². The minimum Gasteiger partial charge on any atom is -0.507 e. The highest BCUT2D eigenvalue weighted by Crippen LogP contribution is 2.39. The molecule has 0 aliphatic carbocycles. The lowest BCUT2D eigenvalue weighted by atomic mass is 9.95. The van der Waals surface area contributed by atoms with Crippen LogP contribution in [0.25, 0.3) is 5.76 Å². The number of carbonyl (C=O) groups is 2. The van der Waals surface area contributed by atoms with Crippen LogP contribution in [0.2, 0.25) is 0 Å². The van der Waals surface area contributed by atoms with Crippen LogP contribution in [-0.2, 0) is 9.59 Å². The number of likely N-dealkylation sites (tertiary alicyclic amines) is 1. The number of Topliss-reactive ketones (excluding diaryl/α,β-unsaturated/α-hetero) is 1. The van der Waals surface area contributed by atoms with Gasteiger partial charge in [0.1, 0.15) is 11.5 Å². The molecule has 0 aromatic heterocycles. The van der Waals surface area contributed by atoms with Crippen molar-refractivity contribution >= 4 is 17.4 Å². The van der Waals surface area contributed by atoms with Gasteiger partial charge in [0.05, 0.1) is 18.2 Å². The zero-order valence-corrected chi connectivity index (χ0v) is 16.9. The molecule has 2 aromatic rings. The van der Waals surface area contributed by atoms with Crippen molar-refractivity contribution in [2.24, 2.45) is 0 Å². The largest absolute Gasteiger partial charge is 0.507 e. The molecule has 29 heavy (non-hydrogen) atoms. The van der Waals surface area contributed by atoms with Gasteiger partial charge in [-0.15, -0.1) is 0 Å². The number of ether oxygens (including phenoxy) is 1. The molecule has 0 radical (unpaired) electrons. The Morgan fingerprint density at radius 2 is 1.69 bits per heavy atom. The SMILES string of the molecule is CCCCCN1C(=O)C(=O)/C(=C(\O)c2ccc(OCC)cc2)C1c1ccccc1. The quantitative estimate of drug-likeness (QED) is 0.306. The molecule has 3 rings (SSSR count). The van der Waals surface area contributed by atoms with Crippen LogP contribution in [0.3, 0.4) is 0 Å². The first-order valence-corrected chi connectivity index (χ1v) is 10.1. The number of hydrogen-bond donors (Lipinski definition) is 1. The summed E-state index contributed by atoms with van der Waals surface area (Å²) >= 11 is 0. The highest BCUT2D eigenvalue weighted by Gasteiger charge is 2.45. The van der Waals surface area contributed by atoms with Crippen LogP contribution >= 0.6 is 0 Å². The van der Waals surface area contributed by atoms with E-state index < -0.39 is 17.7 Å². The van der Waals surface area contributed by atoms with Crippen LogP contribution < -0.4 is 4.74 Å². The predicted molar refractivity (Wildman–Crippen MR) is 113 cm³/mol. The summed E-state index contributed by atoms with van der Waals surface area (Å²) in [4.78, 5) is 27.3. The van der Waals surface area contributed by atoms with Crippen LogP contribution in [0.1, 0.15) is 50.3 Å². The number of rotatable bonds is 8. The van der Waals surface area contributed by atoms with Crippen LogP contribution in [0.5, 0.6) is 5.75 Å². The van der Waals surface area contributed by atoms with Crippen LogP contribution in [0, 0.1) is 0 Å². The molecule has 1 amide bonds. The van der Waals surface area contributed by atoms with Crippen molar-refractivity contribution < 1.29 is 19.4 Å². The van der Waals surface area contributed by atoms with Gasteiger partial charge in [0, 0.05) is 12.1 Å². The third-order valence-electron chi connectivity index (χ3n) is 5.10. The van der Waals surface area contributed by atoms with Gasteiger partial charge in [0.2, 0.25) is 0 Å². The Hall–Kier alpha value is -3.08. The van der Waals surface area contributed by atoms with Gasteiger partial charge in [-0.05, 0) is 43.2 Å². The number of aliphatic hydroxyl groups excluding tert-OH is 1. The average Bonchev–Trinajstić information content (AvgIpc) is 3.00. The first kappa shape index (κ1) is 20.6. The maximum absolute atomic E-state index is 12.9. The Labute approximate surface area is 171 Å². The Morgan fingerprint density at radius 3 is 2.31 bits per heavy atom. The lowest BCUT2D eigenvalue weighted by Crippen LogP contribution is -2.30. The molecule has 1 saturated heterocycles. The number of nitrogens with zero attached hydrogens (tertiary/aromatic N) is 1. The lowest BCUT2D eigenvalue weighted by Gasteiger charge is -2.25. The van der Waals surface area contributed by atoms with E-state index in [1.54, 1.807) is 29.2 Å². The normalized spacial score (nSPS) is 18.3. The van der Waals surface area contributed by atoms with Crippen LogP contribution in [0.4, 0.5) is 0 Å². The second-order valence-electron chi connectivity index (χ2n) is 7.07. The van der Waals surface area contributed by atoms with Crippen molar-refractivity contribution in [1.82, 2.24) is 4.90 Å². The molecule has 1 atom stereocenters.